The maximum Gasteiger partial charge on any atom is 0.244 e. The predicted molar refractivity (Wildman–Crippen MR) is 73.5 cm³/mol. The average Bonchev–Trinajstić information content (AvgIpc) is 2.30. The Balaban J connectivity index is 3.25. The van der Waals surface area contributed by atoms with Crippen molar-refractivity contribution >= 4 is 16.8 Å². The summed E-state index contributed by atoms with van der Waals surface area (Å²) in [4.78, 5) is 10.4. The van der Waals surface area contributed by atoms with Gasteiger partial charge in [-0.25, -0.2) is 0 Å². The molecule has 0 unspecified atom stereocenters. The molecule has 0 amide bonds. The van der Waals surface area contributed by atoms with E-state index in [0.717, 1.165) is 51.4 Å². The number of rotatable bonds is 8. The van der Waals surface area contributed by atoms with Crippen LogP contribution >= 0.6 is 11.6 Å². The molecular formula is C15H19ClO. The summed E-state index contributed by atoms with van der Waals surface area (Å²) in [6.07, 6.45) is 16.3. The first-order chi connectivity index (χ1) is 8.27. The highest BCUT2D eigenvalue weighted by atomic mass is 35.5. The molecule has 0 heterocycles. The minimum absolute atomic E-state index is 0.406. The summed E-state index contributed by atoms with van der Waals surface area (Å²) in [7, 11) is 0. The van der Waals surface area contributed by atoms with E-state index in [-0.39, 0.29) is 0 Å². The smallest absolute Gasteiger partial charge is 0.244 e. The lowest BCUT2D eigenvalue weighted by molar-refractivity contribution is -0.107. The van der Waals surface area contributed by atoms with Gasteiger partial charge in [0.2, 0.25) is 5.24 Å². The number of hydrogen-bond donors (Lipinski definition) is 0. The van der Waals surface area contributed by atoms with Crippen LogP contribution in [-0.2, 0) is 4.79 Å². The van der Waals surface area contributed by atoms with Gasteiger partial charge < -0.3 is 0 Å². The van der Waals surface area contributed by atoms with Crippen LogP contribution in [0.1, 0.15) is 51.4 Å². The Bertz CT molecular complexity index is 325. The normalized spacial score (nSPS) is 9.65. The van der Waals surface area contributed by atoms with E-state index in [2.05, 4.69) is 17.8 Å². The van der Waals surface area contributed by atoms with E-state index >= 15 is 0 Å². The topological polar surface area (TPSA) is 17.1 Å². The Labute approximate surface area is 110 Å². The molecule has 0 aromatic carbocycles. The van der Waals surface area contributed by atoms with E-state index in [1.165, 1.54) is 6.08 Å². The standard InChI is InChI=1S/C15H19ClO/c1-2-3-4-5-6-7-8-9-10-11-12-13-14-15(16)17/h1,13-14H,3-6,9-12H2/b14-13+. The zero-order valence-electron chi connectivity index (χ0n) is 10.2. The molecule has 0 aromatic heterocycles. The maximum atomic E-state index is 10.4. The van der Waals surface area contributed by atoms with E-state index in [0.29, 0.717) is 0 Å². The highest BCUT2D eigenvalue weighted by molar-refractivity contribution is 6.66. The van der Waals surface area contributed by atoms with Gasteiger partial charge in [0.1, 0.15) is 0 Å². The lowest BCUT2D eigenvalue weighted by Crippen LogP contribution is -1.77. The molecule has 0 aromatic rings. The molecule has 0 fully saturated rings. The van der Waals surface area contributed by atoms with Crippen molar-refractivity contribution in [3.8, 4) is 24.2 Å². The SMILES string of the molecule is C#CCCCCC#CCCCC/C=C/C(=O)Cl. The molecular weight excluding hydrogens is 232 g/mol. The second-order valence-corrected chi connectivity index (χ2v) is 4.09. The van der Waals surface area contributed by atoms with Crippen molar-refractivity contribution in [3.05, 3.63) is 12.2 Å². The molecule has 2 heteroatoms. The monoisotopic (exact) mass is 250 g/mol. The van der Waals surface area contributed by atoms with Crippen molar-refractivity contribution in [2.45, 2.75) is 51.4 Å². The first-order valence-corrected chi connectivity index (χ1v) is 6.40. The van der Waals surface area contributed by atoms with Gasteiger partial charge in [-0.15, -0.1) is 24.2 Å². The number of unbranched alkanes of at least 4 members (excludes halogenated alkanes) is 6. The molecule has 92 valence electrons. The third-order valence-electron chi connectivity index (χ3n) is 2.17. The Morgan fingerprint density at radius 2 is 1.65 bits per heavy atom. The van der Waals surface area contributed by atoms with Gasteiger partial charge in [0.25, 0.3) is 0 Å². The van der Waals surface area contributed by atoms with E-state index < -0.39 is 5.24 Å². The number of carbonyl (C=O) groups is 1. The summed E-state index contributed by atoms with van der Waals surface area (Å²) in [5.74, 6) is 8.90. The predicted octanol–water partition coefficient (Wildman–Crippen LogP) is 4.07. The van der Waals surface area contributed by atoms with Crippen LogP contribution < -0.4 is 0 Å². The number of halogens is 1. The third-order valence-corrected chi connectivity index (χ3v) is 2.30. The Kier molecular flexibility index (Phi) is 12.0. The molecule has 1 nitrogen and oxygen atoms in total. The molecule has 0 atom stereocenters. The van der Waals surface area contributed by atoms with Crippen molar-refractivity contribution in [1.29, 1.82) is 0 Å². The van der Waals surface area contributed by atoms with E-state index in [4.69, 9.17) is 18.0 Å². The van der Waals surface area contributed by atoms with Crippen molar-refractivity contribution in [1.82, 2.24) is 0 Å². The van der Waals surface area contributed by atoms with Gasteiger partial charge in [0.15, 0.2) is 0 Å². The zero-order chi connectivity index (χ0) is 12.8. The lowest BCUT2D eigenvalue weighted by atomic mass is 10.1. The zero-order valence-corrected chi connectivity index (χ0v) is 10.9. The van der Waals surface area contributed by atoms with Gasteiger partial charge >= 0.3 is 0 Å². The lowest BCUT2D eigenvalue weighted by Gasteiger charge is -1.91. The van der Waals surface area contributed by atoms with Crippen LogP contribution in [0.4, 0.5) is 0 Å². The van der Waals surface area contributed by atoms with Crippen LogP contribution in [0, 0.1) is 24.2 Å². The molecule has 0 saturated carbocycles. The van der Waals surface area contributed by atoms with Crippen molar-refractivity contribution in [3.63, 3.8) is 0 Å². The summed E-state index contributed by atoms with van der Waals surface area (Å²) in [6, 6.07) is 0. The van der Waals surface area contributed by atoms with Gasteiger partial charge in [-0.2, -0.15) is 0 Å². The van der Waals surface area contributed by atoms with Crippen LogP contribution in [0.5, 0.6) is 0 Å². The van der Waals surface area contributed by atoms with Gasteiger partial charge in [0.05, 0.1) is 0 Å². The fourth-order valence-corrected chi connectivity index (χ4v) is 1.36. The maximum absolute atomic E-state index is 10.4. The Morgan fingerprint density at radius 3 is 2.24 bits per heavy atom. The second kappa shape index (κ2) is 12.9. The van der Waals surface area contributed by atoms with E-state index in [9.17, 15) is 4.79 Å². The van der Waals surface area contributed by atoms with Crippen molar-refractivity contribution in [2.24, 2.45) is 0 Å². The van der Waals surface area contributed by atoms with Crippen molar-refractivity contribution in [2.75, 3.05) is 0 Å². The minimum Gasteiger partial charge on any atom is -0.276 e. The molecule has 0 saturated heterocycles. The minimum atomic E-state index is -0.406. The first kappa shape index (κ1) is 15.8. The molecule has 0 aliphatic heterocycles. The van der Waals surface area contributed by atoms with Gasteiger partial charge in [-0.1, -0.05) is 6.08 Å². The molecule has 0 radical (unpaired) electrons. The Morgan fingerprint density at radius 1 is 1.06 bits per heavy atom. The molecule has 0 bridgehead atoms. The number of hydrogen-bond acceptors (Lipinski definition) is 1. The van der Waals surface area contributed by atoms with E-state index in [1.807, 2.05) is 6.08 Å². The molecule has 0 aliphatic rings. The fraction of sp³-hybridized carbons (Fsp3) is 0.533. The number of allylic oxidation sites excluding steroid dienone is 2. The van der Waals surface area contributed by atoms with Gasteiger partial charge in [-0.3, -0.25) is 4.79 Å². The van der Waals surface area contributed by atoms with Crippen LogP contribution in [0.25, 0.3) is 0 Å². The number of terminal acetylenes is 1. The third kappa shape index (κ3) is 14.8. The van der Waals surface area contributed by atoms with Gasteiger partial charge in [-0.05, 0) is 49.8 Å². The summed E-state index contributed by atoms with van der Waals surface area (Å²) in [6.45, 7) is 0. The van der Waals surface area contributed by atoms with Crippen LogP contribution in [-0.4, -0.2) is 5.24 Å². The summed E-state index contributed by atoms with van der Waals surface area (Å²) >= 11 is 5.15. The summed E-state index contributed by atoms with van der Waals surface area (Å²) < 4.78 is 0. The summed E-state index contributed by atoms with van der Waals surface area (Å²) in [5.41, 5.74) is 0. The fourth-order valence-electron chi connectivity index (χ4n) is 1.27. The van der Waals surface area contributed by atoms with Crippen LogP contribution in [0.15, 0.2) is 12.2 Å². The molecule has 0 aliphatic carbocycles. The highest BCUT2D eigenvalue weighted by Crippen LogP contribution is 2.01. The molecule has 17 heavy (non-hydrogen) atoms. The average molecular weight is 251 g/mol. The first-order valence-electron chi connectivity index (χ1n) is 6.02. The van der Waals surface area contributed by atoms with Crippen molar-refractivity contribution < 1.29 is 4.79 Å². The molecule has 0 N–H and O–H groups in total. The van der Waals surface area contributed by atoms with Crippen LogP contribution in [0.3, 0.4) is 0 Å². The molecule has 0 rings (SSSR count). The van der Waals surface area contributed by atoms with Gasteiger partial charge in [0, 0.05) is 19.3 Å². The largest absolute Gasteiger partial charge is 0.276 e. The van der Waals surface area contributed by atoms with E-state index in [1.54, 1.807) is 0 Å². The quantitative estimate of drug-likeness (QED) is 0.275. The van der Waals surface area contributed by atoms with Crippen LogP contribution in [0.2, 0.25) is 0 Å². The number of carbonyl (C=O) groups excluding carboxylic acids is 1. The molecule has 0 spiro atoms. The second-order valence-electron chi connectivity index (χ2n) is 3.72. The Hall–Kier alpha value is -1.18. The highest BCUT2D eigenvalue weighted by Gasteiger charge is 1.86. The summed E-state index contributed by atoms with van der Waals surface area (Å²) in [5, 5.41) is -0.406.